The van der Waals surface area contributed by atoms with Crippen LogP contribution in [0.15, 0.2) is 0 Å². The Bertz CT molecular complexity index is 2930. The van der Waals surface area contributed by atoms with Gasteiger partial charge < -0.3 is 46.1 Å². The minimum atomic E-state index is -2.31. The fraction of sp³-hybridized carbons (Fsp3) is 0.946. The molecule has 1 aliphatic rings. The minimum absolute atomic E-state index is 0.00504. The fourth-order valence-corrected chi connectivity index (χ4v) is 22.6. The third-order valence-electron chi connectivity index (χ3n) is 30.9. The summed E-state index contributed by atoms with van der Waals surface area (Å²) in [6.45, 7) is 75.0. The Labute approximate surface area is 837 Å². The maximum Gasteiger partial charge on any atom is 0.306 e. The fourth-order valence-electron chi connectivity index (χ4n) is 17.1. The molecule has 6 atom stereocenters. The summed E-state index contributed by atoms with van der Waals surface area (Å²) in [5.74, 6) is -0.0597. The molecule has 0 aromatic rings. The van der Waals surface area contributed by atoms with Crippen LogP contribution in [0.5, 0.6) is 0 Å². The van der Waals surface area contributed by atoms with Crippen molar-refractivity contribution in [1.82, 2.24) is 19.6 Å². The maximum absolute atomic E-state index is 14.0. The summed E-state index contributed by atoms with van der Waals surface area (Å²) in [5, 5.41) is -0.0901. The van der Waals surface area contributed by atoms with E-state index in [0.717, 1.165) is 154 Å². The van der Waals surface area contributed by atoms with Gasteiger partial charge in [0.2, 0.25) is 0 Å². The van der Waals surface area contributed by atoms with Crippen LogP contribution < -0.4 is 0 Å². The number of unbranched alkanes of at least 4 members (excludes halogenated alkanes) is 23. The molecule has 0 aromatic carbocycles. The lowest BCUT2D eigenvalue weighted by Crippen LogP contribution is -2.57. The molecule has 0 spiro atoms. The van der Waals surface area contributed by atoms with Crippen molar-refractivity contribution in [1.29, 1.82) is 0 Å². The number of esters is 6. The van der Waals surface area contributed by atoms with Crippen molar-refractivity contribution in [2.24, 2.45) is 11.8 Å². The van der Waals surface area contributed by atoms with Crippen LogP contribution in [0.4, 0.5) is 0 Å². The lowest BCUT2D eigenvalue weighted by molar-refractivity contribution is -0.150. The predicted octanol–water partition coefficient (Wildman–Crippen LogP) is 29.3. The highest BCUT2D eigenvalue weighted by Gasteiger charge is 2.44. The van der Waals surface area contributed by atoms with E-state index in [1.165, 1.54) is 109 Å². The van der Waals surface area contributed by atoms with Gasteiger partial charge in [-0.25, -0.2) is 0 Å². The van der Waals surface area contributed by atoms with Crippen molar-refractivity contribution in [2.75, 3.05) is 98.5 Å². The molecule has 798 valence electrons. The van der Waals surface area contributed by atoms with E-state index in [-0.39, 0.29) is 105 Å². The van der Waals surface area contributed by atoms with Gasteiger partial charge in [0.1, 0.15) is 19.3 Å². The molecule has 1 saturated heterocycles. The molecule has 0 amide bonds. The summed E-state index contributed by atoms with van der Waals surface area (Å²) in [5.41, 5.74) is 0. The number of carbonyl (C=O) groups is 6. The first-order valence-electron chi connectivity index (χ1n) is 56.1. The quantitative estimate of drug-likeness (QED) is 0.0240. The predicted molar refractivity (Wildman–Crippen MR) is 576 cm³/mol. The molecule has 24 heteroatoms. The molecular weight excluding hydrogens is 1760 g/mol. The number of rotatable bonds is 84. The maximum atomic E-state index is 14.0. The Hall–Kier alpha value is -2.63. The lowest BCUT2D eigenvalue weighted by atomic mass is 10.0. The van der Waals surface area contributed by atoms with E-state index in [4.69, 9.17) is 46.1 Å². The van der Waals surface area contributed by atoms with Crippen LogP contribution in [0.25, 0.3) is 0 Å². The summed E-state index contributed by atoms with van der Waals surface area (Å²) in [6, 6.07) is 0.388. The Kier molecular flexibility index (Phi) is 70.1. The van der Waals surface area contributed by atoms with Crippen LogP contribution in [-0.2, 0) is 74.9 Å². The van der Waals surface area contributed by atoms with Crippen molar-refractivity contribution in [3.63, 3.8) is 0 Å². The first kappa shape index (κ1) is 130. The van der Waals surface area contributed by atoms with Crippen LogP contribution in [-0.4, -0.2) is 230 Å². The van der Waals surface area contributed by atoms with Crippen LogP contribution in [0.1, 0.15) is 454 Å². The second-order valence-electron chi connectivity index (χ2n) is 47.2. The number of ether oxygens (including phenoxy) is 6. The summed E-state index contributed by atoms with van der Waals surface area (Å²) in [4.78, 5) is 90.7. The van der Waals surface area contributed by atoms with Gasteiger partial charge >= 0.3 is 35.8 Å². The van der Waals surface area contributed by atoms with Crippen LogP contribution in [0.2, 0.25) is 72.5 Å². The van der Waals surface area contributed by atoms with Crippen molar-refractivity contribution in [2.45, 2.75) is 569 Å². The first-order chi connectivity index (χ1) is 63.5. The summed E-state index contributed by atoms with van der Waals surface area (Å²) in [6.07, 6.45) is 45.0. The molecule has 135 heavy (non-hydrogen) atoms. The van der Waals surface area contributed by atoms with Gasteiger partial charge in [0.15, 0.2) is 33.3 Å². The van der Waals surface area contributed by atoms with E-state index >= 15 is 0 Å². The molecule has 0 N–H and O–H groups in total. The molecule has 1 aliphatic heterocycles. The van der Waals surface area contributed by atoms with Crippen LogP contribution in [0, 0.1) is 11.8 Å². The van der Waals surface area contributed by atoms with Gasteiger partial charge in [-0.05, 0) is 214 Å². The second kappa shape index (κ2) is 72.6. The van der Waals surface area contributed by atoms with E-state index in [2.05, 4.69) is 217 Å². The zero-order chi connectivity index (χ0) is 102. The normalized spacial score (nSPS) is 15.9. The van der Waals surface area contributed by atoms with E-state index in [0.29, 0.717) is 148 Å². The van der Waals surface area contributed by atoms with Crippen molar-refractivity contribution in [3.8, 4) is 0 Å². The van der Waals surface area contributed by atoms with Gasteiger partial charge in [-0.2, -0.15) is 0 Å². The lowest BCUT2D eigenvalue weighted by Gasteiger charge is -2.44. The van der Waals surface area contributed by atoms with Gasteiger partial charge in [0.05, 0.1) is 44.2 Å². The standard InChI is InChI=1S/C111H222N4O16Si4/c1-30-37-40-43-46-47-48-51-63-82-122-103(117)76-64-71-101(131-135(28,29)111(19,20)21)90-113(89-98(128-132(22,23)108(10,11)12)68-55-52-56-75-107(121)127-97(66-53-49-44-41-38-31-2)67-54-50-45-42-39-32-3)79-65-77-104(118)124-84-81-115-86-93(8)114(85-94(115)9)80-83-123-102(116)74-61-62-78-112(87-99(129-133(24,25)109(13,14)15)69-57-59-72-105(119)125-91-95(33-4)34-5)88-100(130-134(26,27)110(16,17)18)70-58-60-73-106(120)126-92-96(35-6)36-7/h93-101H,30-92H2,1-29H3. The van der Waals surface area contributed by atoms with Crippen LogP contribution in [0.3, 0.4) is 0 Å². The third kappa shape index (κ3) is 62.0. The summed E-state index contributed by atoms with van der Waals surface area (Å²) >= 11 is 0. The second-order valence-corrected chi connectivity index (χ2v) is 66.2. The van der Waals surface area contributed by atoms with Crippen molar-refractivity contribution in [3.05, 3.63) is 0 Å². The monoisotopic (exact) mass is 1980 g/mol. The van der Waals surface area contributed by atoms with Gasteiger partial charge in [-0.15, -0.1) is 0 Å². The van der Waals surface area contributed by atoms with Gasteiger partial charge in [-0.1, -0.05) is 298 Å². The molecule has 0 bridgehead atoms. The average molecular weight is 1980 g/mol. The number of nitrogens with zero attached hydrogens (tertiary/aromatic N) is 4. The molecule has 0 radical (unpaired) electrons. The Morgan fingerprint density at radius 1 is 0.289 bits per heavy atom. The Morgan fingerprint density at radius 2 is 0.533 bits per heavy atom. The van der Waals surface area contributed by atoms with Gasteiger partial charge in [-0.3, -0.25) is 48.4 Å². The summed E-state index contributed by atoms with van der Waals surface area (Å²) < 4.78 is 65.4. The minimum Gasteiger partial charge on any atom is -0.466 e. The Morgan fingerprint density at radius 3 is 0.867 bits per heavy atom. The number of hydrogen-bond acceptors (Lipinski definition) is 20. The van der Waals surface area contributed by atoms with Gasteiger partial charge in [0, 0.05) is 103 Å². The highest BCUT2D eigenvalue weighted by atomic mass is 28.4. The molecule has 20 nitrogen and oxygen atoms in total. The number of carbonyl (C=O) groups excluding carboxylic acids is 6. The Balaban J connectivity index is 3.42. The first-order valence-corrected chi connectivity index (χ1v) is 67.8. The summed E-state index contributed by atoms with van der Waals surface area (Å²) in [7, 11) is -9.10. The average Bonchev–Trinajstić information content (AvgIpc) is 0.834. The molecule has 0 aliphatic carbocycles. The molecule has 1 rings (SSSR count). The highest BCUT2D eigenvalue weighted by Crippen LogP contribution is 2.43. The van der Waals surface area contributed by atoms with Crippen molar-refractivity contribution < 1.29 is 74.9 Å². The van der Waals surface area contributed by atoms with Crippen LogP contribution >= 0.6 is 0 Å². The van der Waals surface area contributed by atoms with E-state index in [9.17, 15) is 28.8 Å². The van der Waals surface area contributed by atoms with E-state index in [1.807, 2.05) is 0 Å². The molecular formula is C111H222N4O16Si4. The molecule has 1 heterocycles. The van der Waals surface area contributed by atoms with E-state index in [1.54, 1.807) is 0 Å². The number of piperazine rings is 1. The molecule has 0 saturated carbocycles. The topological polar surface area (TPSA) is 208 Å². The highest BCUT2D eigenvalue weighted by molar-refractivity contribution is 6.75. The largest absolute Gasteiger partial charge is 0.466 e. The third-order valence-corrected chi connectivity index (χ3v) is 49.0. The number of hydrogen-bond donors (Lipinski definition) is 0. The molecule has 1 fully saturated rings. The zero-order valence-corrected chi connectivity index (χ0v) is 98.1. The van der Waals surface area contributed by atoms with E-state index < -0.39 is 33.3 Å². The van der Waals surface area contributed by atoms with Crippen molar-refractivity contribution >= 4 is 69.1 Å². The molecule has 6 unspecified atom stereocenters. The zero-order valence-electron chi connectivity index (χ0n) is 94.1. The smallest absolute Gasteiger partial charge is 0.306 e. The van der Waals surface area contributed by atoms with Gasteiger partial charge in [0.25, 0.3) is 0 Å². The molecule has 0 aromatic heterocycles. The SMILES string of the molecule is CCCCCCCCCCCOC(=O)CCCC(CN(CCCC(=O)OCCN1CC(C)N(CCOC(=O)CCCCN(CC(CCCCC(=O)OCC(CC)CC)O[Si](C)(C)C(C)(C)C)CC(CCCCC(=O)OCC(CC)CC)O[Si](C)(C)C(C)(C)C)CC1C)CC(CCCCCC(=O)OC(CCCCCCCC)CCCCCCCC)O[Si](C)(C)C(C)(C)C)O[Si](C)(C)C(C)(C)C.